The topological polar surface area (TPSA) is 69.1 Å². The molecule has 5 heteroatoms. The molecule has 0 aliphatic carbocycles. The summed E-state index contributed by atoms with van der Waals surface area (Å²) < 4.78 is 0. The fraction of sp³-hybridized carbons (Fsp3) is 0.300. The summed E-state index contributed by atoms with van der Waals surface area (Å²) in [5, 5.41) is 26.7. The summed E-state index contributed by atoms with van der Waals surface area (Å²) >= 11 is 5.46. The van der Waals surface area contributed by atoms with Gasteiger partial charge in [-0.25, -0.2) is 0 Å². The van der Waals surface area contributed by atoms with Gasteiger partial charge in [0.2, 0.25) is 0 Å². The predicted octanol–water partition coefficient (Wildman–Crippen LogP) is 1.20. The van der Waals surface area contributed by atoms with Crippen LogP contribution in [0.25, 0.3) is 10.9 Å². The standard InChI is InChI=1S/C10H11ClN2O2/c11-4-9(14)10(15)6-1-2-7-5-12-13-8(7)3-6/h1-3,5,9-10,14-15H,4H2,(H,12,13). The van der Waals surface area contributed by atoms with Gasteiger partial charge in [0.15, 0.2) is 0 Å². The van der Waals surface area contributed by atoms with Gasteiger partial charge in [0, 0.05) is 5.39 Å². The van der Waals surface area contributed by atoms with Crippen molar-refractivity contribution in [3.8, 4) is 0 Å². The molecule has 0 bridgehead atoms. The van der Waals surface area contributed by atoms with E-state index in [1.54, 1.807) is 18.3 Å². The van der Waals surface area contributed by atoms with Crippen LogP contribution in [0, 0.1) is 0 Å². The summed E-state index contributed by atoms with van der Waals surface area (Å²) in [4.78, 5) is 0. The molecule has 80 valence electrons. The van der Waals surface area contributed by atoms with Crippen LogP contribution >= 0.6 is 11.6 Å². The molecule has 1 aromatic carbocycles. The van der Waals surface area contributed by atoms with E-state index in [-0.39, 0.29) is 5.88 Å². The Bertz CT molecular complexity index is 457. The quantitative estimate of drug-likeness (QED) is 0.689. The molecule has 15 heavy (non-hydrogen) atoms. The average Bonchev–Trinajstić information content (AvgIpc) is 2.73. The maximum absolute atomic E-state index is 9.72. The summed E-state index contributed by atoms with van der Waals surface area (Å²) in [6.45, 7) is 0. The molecule has 1 heterocycles. The molecule has 1 aromatic heterocycles. The van der Waals surface area contributed by atoms with Crippen molar-refractivity contribution in [2.75, 3.05) is 5.88 Å². The average molecular weight is 227 g/mol. The number of aromatic nitrogens is 2. The van der Waals surface area contributed by atoms with Crippen LogP contribution in [-0.2, 0) is 0 Å². The fourth-order valence-electron chi connectivity index (χ4n) is 1.45. The van der Waals surface area contributed by atoms with Crippen LogP contribution in [0.15, 0.2) is 24.4 Å². The first-order chi connectivity index (χ1) is 7.22. The predicted molar refractivity (Wildman–Crippen MR) is 57.8 cm³/mol. The molecule has 0 aliphatic rings. The van der Waals surface area contributed by atoms with E-state index in [2.05, 4.69) is 10.2 Å². The lowest BCUT2D eigenvalue weighted by atomic mass is 10.0. The molecule has 0 aliphatic heterocycles. The minimum Gasteiger partial charge on any atom is -0.389 e. The first kappa shape index (κ1) is 10.4. The number of fused-ring (bicyclic) bond motifs is 1. The normalized spacial score (nSPS) is 15.4. The van der Waals surface area contributed by atoms with Crippen molar-refractivity contribution in [3.05, 3.63) is 30.0 Å². The van der Waals surface area contributed by atoms with Crippen molar-refractivity contribution >= 4 is 22.5 Å². The number of nitrogens with zero attached hydrogens (tertiary/aromatic N) is 1. The first-order valence-corrected chi connectivity index (χ1v) is 5.11. The summed E-state index contributed by atoms with van der Waals surface area (Å²) in [5.74, 6) is 0.00216. The highest BCUT2D eigenvalue weighted by atomic mass is 35.5. The Morgan fingerprint density at radius 1 is 1.40 bits per heavy atom. The number of H-pyrrole nitrogens is 1. The third kappa shape index (κ3) is 1.97. The second-order valence-electron chi connectivity index (χ2n) is 3.38. The Hall–Kier alpha value is -1.10. The zero-order chi connectivity index (χ0) is 10.8. The van der Waals surface area contributed by atoms with E-state index in [0.29, 0.717) is 5.56 Å². The lowest BCUT2D eigenvalue weighted by Gasteiger charge is -2.15. The number of hydrogen-bond donors (Lipinski definition) is 3. The maximum atomic E-state index is 9.72. The third-order valence-corrected chi connectivity index (χ3v) is 2.65. The molecule has 2 unspecified atom stereocenters. The van der Waals surface area contributed by atoms with Gasteiger partial charge in [-0.05, 0) is 11.6 Å². The number of alkyl halides is 1. The molecule has 0 saturated heterocycles. The van der Waals surface area contributed by atoms with E-state index in [4.69, 9.17) is 11.6 Å². The van der Waals surface area contributed by atoms with E-state index >= 15 is 0 Å². The summed E-state index contributed by atoms with van der Waals surface area (Å²) in [5.41, 5.74) is 1.45. The smallest absolute Gasteiger partial charge is 0.106 e. The van der Waals surface area contributed by atoms with E-state index < -0.39 is 12.2 Å². The molecule has 0 fully saturated rings. The SMILES string of the molecule is OC(CCl)C(O)c1ccc2cn[nH]c2c1. The zero-order valence-electron chi connectivity index (χ0n) is 7.89. The van der Waals surface area contributed by atoms with E-state index in [9.17, 15) is 10.2 Å². The van der Waals surface area contributed by atoms with Gasteiger partial charge in [0.1, 0.15) is 6.10 Å². The van der Waals surface area contributed by atoms with Crippen molar-refractivity contribution < 1.29 is 10.2 Å². The van der Waals surface area contributed by atoms with Crippen molar-refractivity contribution in [1.29, 1.82) is 0 Å². The second-order valence-corrected chi connectivity index (χ2v) is 3.69. The number of benzene rings is 1. The fourth-order valence-corrected chi connectivity index (χ4v) is 1.61. The van der Waals surface area contributed by atoms with E-state index in [1.807, 2.05) is 6.07 Å². The highest BCUT2D eigenvalue weighted by molar-refractivity contribution is 6.18. The number of aliphatic hydroxyl groups excluding tert-OH is 2. The minimum atomic E-state index is -0.963. The number of halogens is 1. The number of rotatable bonds is 3. The highest BCUT2D eigenvalue weighted by Gasteiger charge is 2.17. The van der Waals surface area contributed by atoms with E-state index in [0.717, 1.165) is 10.9 Å². The van der Waals surface area contributed by atoms with Gasteiger partial charge in [0.05, 0.1) is 23.7 Å². The Balaban J connectivity index is 2.35. The summed E-state index contributed by atoms with van der Waals surface area (Å²) in [6, 6.07) is 5.33. The molecule has 2 atom stereocenters. The molecule has 2 rings (SSSR count). The van der Waals surface area contributed by atoms with Gasteiger partial charge in [-0.3, -0.25) is 5.10 Å². The van der Waals surface area contributed by atoms with Gasteiger partial charge in [-0.2, -0.15) is 5.10 Å². The molecule has 2 aromatic rings. The monoisotopic (exact) mass is 226 g/mol. The van der Waals surface area contributed by atoms with Gasteiger partial charge in [0.25, 0.3) is 0 Å². The third-order valence-electron chi connectivity index (χ3n) is 2.33. The number of aliphatic hydroxyl groups is 2. The molecule has 0 spiro atoms. The van der Waals surface area contributed by atoms with Crippen molar-refractivity contribution in [2.24, 2.45) is 0 Å². The van der Waals surface area contributed by atoms with Crippen LogP contribution in [0.2, 0.25) is 0 Å². The molecular weight excluding hydrogens is 216 g/mol. The molecule has 3 N–H and O–H groups in total. The van der Waals surface area contributed by atoms with Crippen LogP contribution in [0.4, 0.5) is 0 Å². The van der Waals surface area contributed by atoms with Crippen molar-refractivity contribution in [2.45, 2.75) is 12.2 Å². The van der Waals surface area contributed by atoms with Crippen LogP contribution in [0.5, 0.6) is 0 Å². The molecule has 0 amide bonds. The van der Waals surface area contributed by atoms with Gasteiger partial charge in [-0.1, -0.05) is 12.1 Å². The second kappa shape index (κ2) is 4.18. The summed E-state index contributed by atoms with van der Waals surface area (Å²) in [6.07, 6.45) is -0.217. The zero-order valence-corrected chi connectivity index (χ0v) is 8.65. The summed E-state index contributed by atoms with van der Waals surface area (Å²) in [7, 11) is 0. The van der Waals surface area contributed by atoms with E-state index in [1.165, 1.54) is 0 Å². The molecule has 0 radical (unpaired) electrons. The molecular formula is C10H11ClN2O2. The Kier molecular flexibility index (Phi) is 2.90. The van der Waals surface area contributed by atoms with Crippen LogP contribution in [0.1, 0.15) is 11.7 Å². The Morgan fingerprint density at radius 2 is 2.20 bits per heavy atom. The molecule has 4 nitrogen and oxygen atoms in total. The van der Waals surface area contributed by atoms with Crippen molar-refractivity contribution in [1.82, 2.24) is 10.2 Å². The lowest BCUT2D eigenvalue weighted by Crippen LogP contribution is -2.19. The van der Waals surface area contributed by atoms with Gasteiger partial charge >= 0.3 is 0 Å². The molecule has 0 saturated carbocycles. The Morgan fingerprint density at radius 3 is 2.93 bits per heavy atom. The van der Waals surface area contributed by atoms with Gasteiger partial charge < -0.3 is 10.2 Å². The van der Waals surface area contributed by atoms with Crippen molar-refractivity contribution in [3.63, 3.8) is 0 Å². The van der Waals surface area contributed by atoms with Crippen LogP contribution < -0.4 is 0 Å². The van der Waals surface area contributed by atoms with Gasteiger partial charge in [-0.15, -0.1) is 11.6 Å². The minimum absolute atomic E-state index is 0.00216. The number of aromatic amines is 1. The van der Waals surface area contributed by atoms with Crippen LogP contribution in [-0.4, -0.2) is 32.4 Å². The first-order valence-electron chi connectivity index (χ1n) is 4.57. The van der Waals surface area contributed by atoms with Crippen LogP contribution in [0.3, 0.4) is 0 Å². The number of nitrogens with one attached hydrogen (secondary N) is 1. The lowest BCUT2D eigenvalue weighted by molar-refractivity contribution is 0.0328. The maximum Gasteiger partial charge on any atom is 0.106 e. The highest BCUT2D eigenvalue weighted by Crippen LogP contribution is 2.21. The largest absolute Gasteiger partial charge is 0.389 e. The number of hydrogen-bond acceptors (Lipinski definition) is 3. The Labute approximate surface area is 91.5 Å².